The Labute approximate surface area is 133 Å². The number of furan rings is 1. The van der Waals surface area contributed by atoms with E-state index in [1.54, 1.807) is 21.3 Å². The van der Waals surface area contributed by atoms with Crippen LogP contribution in [-0.2, 0) is 0 Å². The molecule has 3 rings (SSSR count). The van der Waals surface area contributed by atoms with Gasteiger partial charge in [-0.15, -0.1) is 10.2 Å². The van der Waals surface area contributed by atoms with Crippen LogP contribution in [0, 0.1) is 6.92 Å². The van der Waals surface area contributed by atoms with E-state index in [0.29, 0.717) is 34.7 Å². The molecule has 23 heavy (non-hydrogen) atoms. The molecule has 1 aromatic carbocycles. The van der Waals surface area contributed by atoms with E-state index < -0.39 is 0 Å². The Balaban J connectivity index is 2.30. The van der Waals surface area contributed by atoms with Crippen molar-refractivity contribution in [2.75, 3.05) is 26.6 Å². The van der Waals surface area contributed by atoms with Gasteiger partial charge in [0.15, 0.2) is 5.76 Å². The van der Waals surface area contributed by atoms with E-state index in [9.17, 15) is 0 Å². The fraction of sp³-hybridized carbons (Fsp3) is 0.250. The second kappa shape index (κ2) is 6.04. The van der Waals surface area contributed by atoms with E-state index in [1.807, 2.05) is 41.8 Å². The zero-order chi connectivity index (χ0) is 16.4. The first-order valence-electron chi connectivity index (χ1n) is 7.11. The van der Waals surface area contributed by atoms with Gasteiger partial charge >= 0.3 is 0 Å². The van der Waals surface area contributed by atoms with Gasteiger partial charge in [-0.3, -0.25) is 4.57 Å². The minimum atomic E-state index is 0.553. The van der Waals surface area contributed by atoms with Crippen molar-refractivity contribution in [2.45, 2.75) is 6.92 Å². The van der Waals surface area contributed by atoms with Crippen molar-refractivity contribution < 1.29 is 13.9 Å². The van der Waals surface area contributed by atoms with E-state index in [-0.39, 0.29) is 0 Å². The van der Waals surface area contributed by atoms with E-state index in [4.69, 9.17) is 13.9 Å². The number of anilines is 1. The Morgan fingerprint density at radius 2 is 1.74 bits per heavy atom. The average molecular weight is 314 g/mol. The van der Waals surface area contributed by atoms with Gasteiger partial charge in [-0.25, -0.2) is 0 Å². The molecular weight excluding hydrogens is 296 g/mol. The van der Waals surface area contributed by atoms with Crippen LogP contribution in [0.5, 0.6) is 11.5 Å². The van der Waals surface area contributed by atoms with Crippen LogP contribution >= 0.6 is 0 Å². The summed E-state index contributed by atoms with van der Waals surface area (Å²) in [4.78, 5) is 0. The van der Waals surface area contributed by atoms with Gasteiger partial charge < -0.3 is 19.2 Å². The van der Waals surface area contributed by atoms with Gasteiger partial charge in [-0.2, -0.15) is 0 Å². The van der Waals surface area contributed by atoms with Crippen LogP contribution in [0.2, 0.25) is 0 Å². The summed E-state index contributed by atoms with van der Waals surface area (Å²) in [6, 6.07) is 9.31. The molecule has 0 aliphatic heterocycles. The van der Waals surface area contributed by atoms with Crippen molar-refractivity contribution in [3.8, 4) is 28.8 Å². The van der Waals surface area contributed by atoms with Crippen molar-refractivity contribution >= 4 is 5.95 Å². The summed E-state index contributed by atoms with van der Waals surface area (Å²) in [7, 11) is 5.00. The molecule has 0 atom stereocenters. The molecule has 0 amide bonds. The maximum atomic E-state index is 5.70. The summed E-state index contributed by atoms with van der Waals surface area (Å²) in [5, 5.41) is 11.5. The molecule has 3 aromatic rings. The lowest BCUT2D eigenvalue weighted by Crippen LogP contribution is -2.06. The number of para-hydroxylation sites is 1. The second-order valence-electron chi connectivity index (χ2n) is 4.85. The molecule has 120 valence electrons. The van der Waals surface area contributed by atoms with Gasteiger partial charge in [0.1, 0.15) is 22.9 Å². The van der Waals surface area contributed by atoms with Crippen molar-refractivity contribution in [2.24, 2.45) is 0 Å². The van der Waals surface area contributed by atoms with Gasteiger partial charge in [0.05, 0.1) is 14.2 Å². The van der Waals surface area contributed by atoms with Crippen molar-refractivity contribution in [3.63, 3.8) is 0 Å². The van der Waals surface area contributed by atoms with Crippen LogP contribution < -0.4 is 14.8 Å². The highest BCUT2D eigenvalue weighted by Gasteiger charge is 2.23. The zero-order valence-corrected chi connectivity index (χ0v) is 13.5. The number of hydrogen-bond donors (Lipinski definition) is 1. The molecule has 2 aromatic heterocycles. The molecule has 0 spiro atoms. The van der Waals surface area contributed by atoms with E-state index in [0.717, 1.165) is 5.76 Å². The minimum Gasteiger partial charge on any atom is -0.494 e. The minimum absolute atomic E-state index is 0.553. The number of nitrogens with one attached hydrogen (secondary N) is 1. The topological polar surface area (TPSA) is 74.3 Å². The Bertz CT molecular complexity index is 800. The van der Waals surface area contributed by atoms with Crippen molar-refractivity contribution in [1.29, 1.82) is 0 Å². The molecule has 2 heterocycles. The summed E-state index contributed by atoms with van der Waals surface area (Å²) >= 11 is 0. The number of benzene rings is 1. The molecule has 1 N–H and O–H groups in total. The van der Waals surface area contributed by atoms with Gasteiger partial charge in [-0.1, -0.05) is 6.07 Å². The van der Waals surface area contributed by atoms with E-state index >= 15 is 0 Å². The standard InChI is InChI=1S/C16H18N4O3/c1-10-8-9-13(23-10)15-18-19-16(17-2)20(15)14-11(21-3)6-5-7-12(14)22-4/h5-9H,1-4H3,(H,17,19). The predicted molar refractivity (Wildman–Crippen MR) is 86.4 cm³/mol. The molecule has 0 saturated carbocycles. The molecule has 7 heteroatoms. The highest BCUT2D eigenvalue weighted by molar-refractivity contribution is 5.66. The van der Waals surface area contributed by atoms with Crippen LogP contribution in [0.15, 0.2) is 34.7 Å². The van der Waals surface area contributed by atoms with Crippen LogP contribution in [0.3, 0.4) is 0 Å². The molecule has 0 aliphatic carbocycles. The predicted octanol–water partition coefficient (Wildman–Crippen LogP) is 2.89. The summed E-state index contributed by atoms with van der Waals surface area (Å²) in [5.74, 6) is 3.81. The molecule has 0 fully saturated rings. The zero-order valence-electron chi connectivity index (χ0n) is 13.5. The quantitative estimate of drug-likeness (QED) is 0.780. The van der Waals surface area contributed by atoms with Crippen LogP contribution in [0.1, 0.15) is 5.76 Å². The van der Waals surface area contributed by atoms with Gasteiger partial charge in [0.25, 0.3) is 0 Å². The monoisotopic (exact) mass is 314 g/mol. The van der Waals surface area contributed by atoms with Crippen molar-refractivity contribution in [3.05, 3.63) is 36.1 Å². The lowest BCUT2D eigenvalue weighted by atomic mass is 10.2. The third-order valence-electron chi connectivity index (χ3n) is 3.47. The molecule has 0 bridgehead atoms. The lowest BCUT2D eigenvalue weighted by molar-refractivity contribution is 0.391. The highest BCUT2D eigenvalue weighted by atomic mass is 16.5. The summed E-state index contributed by atoms with van der Waals surface area (Å²) in [6.45, 7) is 1.88. The summed E-state index contributed by atoms with van der Waals surface area (Å²) < 4.78 is 18.5. The van der Waals surface area contributed by atoms with Crippen LogP contribution in [0.25, 0.3) is 17.3 Å². The second-order valence-corrected chi connectivity index (χ2v) is 4.85. The van der Waals surface area contributed by atoms with Crippen molar-refractivity contribution in [1.82, 2.24) is 14.8 Å². The average Bonchev–Trinajstić information content (AvgIpc) is 3.19. The molecule has 0 radical (unpaired) electrons. The molecular formula is C16H18N4O3. The lowest BCUT2D eigenvalue weighted by Gasteiger charge is -2.16. The Morgan fingerprint density at radius 1 is 1.04 bits per heavy atom. The van der Waals surface area contributed by atoms with Crippen LogP contribution in [0.4, 0.5) is 5.95 Å². The summed E-state index contributed by atoms with van der Waals surface area (Å²) in [5.41, 5.74) is 0.705. The molecule has 7 nitrogen and oxygen atoms in total. The van der Waals surface area contributed by atoms with Gasteiger partial charge in [-0.05, 0) is 31.2 Å². The van der Waals surface area contributed by atoms with E-state index in [2.05, 4.69) is 15.5 Å². The third kappa shape index (κ3) is 2.50. The molecule has 0 saturated heterocycles. The largest absolute Gasteiger partial charge is 0.494 e. The number of ether oxygens (including phenoxy) is 2. The number of nitrogens with zero attached hydrogens (tertiary/aromatic N) is 3. The number of aromatic nitrogens is 3. The fourth-order valence-electron chi connectivity index (χ4n) is 2.42. The van der Waals surface area contributed by atoms with Gasteiger partial charge in [0.2, 0.25) is 11.8 Å². The smallest absolute Gasteiger partial charge is 0.229 e. The molecule has 0 unspecified atom stereocenters. The maximum Gasteiger partial charge on any atom is 0.229 e. The Hall–Kier alpha value is -2.96. The number of hydrogen-bond acceptors (Lipinski definition) is 6. The first kappa shape index (κ1) is 15.0. The Morgan fingerprint density at radius 3 is 2.26 bits per heavy atom. The first-order chi connectivity index (χ1) is 11.2. The number of methoxy groups -OCH3 is 2. The van der Waals surface area contributed by atoms with Crippen LogP contribution in [-0.4, -0.2) is 36.0 Å². The van der Waals surface area contributed by atoms with Gasteiger partial charge in [0, 0.05) is 7.05 Å². The van der Waals surface area contributed by atoms with E-state index in [1.165, 1.54) is 0 Å². The maximum absolute atomic E-state index is 5.70. The SMILES string of the molecule is CNc1nnc(-c2ccc(C)o2)n1-c1c(OC)cccc1OC. The summed E-state index contributed by atoms with van der Waals surface area (Å²) in [6.07, 6.45) is 0. The number of rotatable bonds is 5. The Kier molecular flexibility index (Phi) is 3.92. The fourth-order valence-corrected chi connectivity index (χ4v) is 2.42. The number of aryl methyl sites for hydroxylation is 1. The normalized spacial score (nSPS) is 10.6. The highest BCUT2D eigenvalue weighted by Crippen LogP contribution is 2.37. The first-order valence-corrected chi connectivity index (χ1v) is 7.11. The molecule has 0 aliphatic rings. The third-order valence-corrected chi connectivity index (χ3v) is 3.47.